The molecule has 0 fully saturated rings. The van der Waals surface area contributed by atoms with Crippen LogP contribution in [0.5, 0.6) is 0 Å². The van der Waals surface area contributed by atoms with Gasteiger partial charge in [0.05, 0.1) is 25.2 Å². The third-order valence-corrected chi connectivity index (χ3v) is 2.21. The summed E-state index contributed by atoms with van der Waals surface area (Å²) in [5, 5.41) is 0. The average molecular weight is 179 g/mol. The molecule has 0 bridgehead atoms. The molecule has 70 valence electrons. The third-order valence-electron chi connectivity index (χ3n) is 2.21. The van der Waals surface area contributed by atoms with E-state index < -0.39 is 0 Å². The number of rotatable bonds is 2. The highest BCUT2D eigenvalue weighted by atomic mass is 16.5. The van der Waals surface area contributed by atoms with Crippen molar-refractivity contribution in [1.29, 1.82) is 0 Å². The molecule has 0 aliphatic carbocycles. The van der Waals surface area contributed by atoms with E-state index in [9.17, 15) is 0 Å². The summed E-state index contributed by atoms with van der Waals surface area (Å²) < 4.78 is 10.4. The lowest BCUT2D eigenvalue weighted by atomic mass is 10.0. The SMILES string of the molecule is NC(C1=COCCC1)c1ccco1. The molecule has 2 N–H and O–H groups in total. The normalized spacial score (nSPS) is 19.0. The van der Waals surface area contributed by atoms with E-state index in [0.29, 0.717) is 0 Å². The Morgan fingerprint density at radius 1 is 1.46 bits per heavy atom. The van der Waals surface area contributed by atoms with Gasteiger partial charge in [-0.3, -0.25) is 0 Å². The number of furan rings is 1. The van der Waals surface area contributed by atoms with E-state index in [1.54, 1.807) is 12.5 Å². The summed E-state index contributed by atoms with van der Waals surface area (Å²) in [6.45, 7) is 0.800. The molecule has 2 heterocycles. The molecular formula is C10H13NO2. The van der Waals surface area contributed by atoms with Crippen LogP contribution >= 0.6 is 0 Å². The summed E-state index contributed by atoms with van der Waals surface area (Å²) in [6.07, 6.45) is 5.44. The van der Waals surface area contributed by atoms with Gasteiger partial charge in [0.2, 0.25) is 0 Å². The van der Waals surface area contributed by atoms with Crippen molar-refractivity contribution in [2.45, 2.75) is 18.9 Å². The van der Waals surface area contributed by atoms with Crippen LogP contribution in [0.4, 0.5) is 0 Å². The lowest BCUT2D eigenvalue weighted by Crippen LogP contribution is -2.15. The highest BCUT2D eigenvalue weighted by Gasteiger charge is 2.16. The van der Waals surface area contributed by atoms with Crippen LogP contribution in [0, 0.1) is 0 Å². The highest BCUT2D eigenvalue weighted by molar-refractivity contribution is 5.19. The number of ether oxygens (including phenoxy) is 1. The first-order valence-corrected chi connectivity index (χ1v) is 4.47. The van der Waals surface area contributed by atoms with E-state index in [1.165, 1.54) is 0 Å². The quantitative estimate of drug-likeness (QED) is 0.755. The van der Waals surface area contributed by atoms with Gasteiger partial charge in [0.1, 0.15) is 5.76 Å². The Morgan fingerprint density at radius 2 is 2.38 bits per heavy atom. The molecule has 0 saturated carbocycles. The van der Waals surface area contributed by atoms with E-state index in [4.69, 9.17) is 14.9 Å². The molecule has 1 atom stereocenters. The van der Waals surface area contributed by atoms with Gasteiger partial charge in [-0.15, -0.1) is 0 Å². The molecule has 0 amide bonds. The van der Waals surface area contributed by atoms with Crippen molar-refractivity contribution in [2.75, 3.05) is 6.61 Å². The van der Waals surface area contributed by atoms with E-state index in [2.05, 4.69) is 0 Å². The second-order valence-corrected chi connectivity index (χ2v) is 3.16. The highest BCUT2D eigenvalue weighted by Crippen LogP contribution is 2.25. The third kappa shape index (κ3) is 1.75. The molecule has 1 aliphatic heterocycles. The van der Waals surface area contributed by atoms with Crippen molar-refractivity contribution >= 4 is 0 Å². The van der Waals surface area contributed by atoms with E-state index in [0.717, 1.165) is 30.8 Å². The van der Waals surface area contributed by atoms with E-state index in [1.807, 2.05) is 12.1 Å². The number of hydrogen-bond donors (Lipinski definition) is 1. The Bertz CT molecular complexity index is 290. The first-order valence-electron chi connectivity index (χ1n) is 4.47. The zero-order valence-electron chi connectivity index (χ0n) is 7.40. The first kappa shape index (κ1) is 8.38. The Kier molecular flexibility index (Phi) is 2.36. The molecule has 0 aromatic carbocycles. The van der Waals surface area contributed by atoms with E-state index in [-0.39, 0.29) is 6.04 Å². The van der Waals surface area contributed by atoms with Crippen molar-refractivity contribution in [3.8, 4) is 0 Å². The fourth-order valence-corrected chi connectivity index (χ4v) is 1.46. The lowest BCUT2D eigenvalue weighted by molar-refractivity contribution is 0.220. The summed E-state index contributed by atoms with van der Waals surface area (Å²) in [4.78, 5) is 0. The van der Waals surface area contributed by atoms with Crippen LogP contribution < -0.4 is 5.73 Å². The van der Waals surface area contributed by atoms with Gasteiger partial charge in [0, 0.05) is 0 Å². The zero-order chi connectivity index (χ0) is 9.10. The van der Waals surface area contributed by atoms with Crippen molar-refractivity contribution in [3.63, 3.8) is 0 Å². The van der Waals surface area contributed by atoms with Crippen LogP contribution in [-0.4, -0.2) is 6.61 Å². The van der Waals surface area contributed by atoms with Gasteiger partial charge in [-0.1, -0.05) is 0 Å². The second-order valence-electron chi connectivity index (χ2n) is 3.16. The van der Waals surface area contributed by atoms with Gasteiger partial charge in [-0.25, -0.2) is 0 Å². The molecule has 0 radical (unpaired) electrons. The number of nitrogens with two attached hydrogens (primary N) is 1. The maximum Gasteiger partial charge on any atom is 0.124 e. The lowest BCUT2D eigenvalue weighted by Gasteiger charge is -2.17. The minimum Gasteiger partial charge on any atom is -0.501 e. The minimum absolute atomic E-state index is 0.143. The molecule has 0 spiro atoms. The Hall–Kier alpha value is -1.22. The van der Waals surface area contributed by atoms with Gasteiger partial charge in [0.15, 0.2) is 0 Å². The van der Waals surface area contributed by atoms with Crippen molar-refractivity contribution in [3.05, 3.63) is 36.0 Å². The van der Waals surface area contributed by atoms with Crippen LogP contribution in [0.25, 0.3) is 0 Å². The molecule has 1 aliphatic rings. The summed E-state index contributed by atoms with van der Waals surface area (Å²) in [5.41, 5.74) is 7.08. The van der Waals surface area contributed by atoms with Gasteiger partial charge in [0.25, 0.3) is 0 Å². The van der Waals surface area contributed by atoms with Crippen LogP contribution in [0.3, 0.4) is 0 Å². The summed E-state index contributed by atoms with van der Waals surface area (Å²) >= 11 is 0. The molecule has 1 aromatic rings. The first-order chi connectivity index (χ1) is 6.38. The maximum absolute atomic E-state index is 5.97. The zero-order valence-corrected chi connectivity index (χ0v) is 7.40. The Morgan fingerprint density at radius 3 is 3.00 bits per heavy atom. The molecular weight excluding hydrogens is 166 g/mol. The predicted molar refractivity (Wildman–Crippen MR) is 48.9 cm³/mol. The van der Waals surface area contributed by atoms with Gasteiger partial charge in [-0.2, -0.15) is 0 Å². The van der Waals surface area contributed by atoms with Crippen molar-refractivity contribution in [2.24, 2.45) is 5.73 Å². The smallest absolute Gasteiger partial charge is 0.124 e. The van der Waals surface area contributed by atoms with Gasteiger partial charge < -0.3 is 14.9 Å². The predicted octanol–water partition coefficient (Wildman–Crippen LogP) is 1.97. The molecule has 2 rings (SSSR count). The topological polar surface area (TPSA) is 48.4 Å². The van der Waals surface area contributed by atoms with Crippen molar-refractivity contribution < 1.29 is 9.15 Å². The molecule has 13 heavy (non-hydrogen) atoms. The maximum atomic E-state index is 5.97. The van der Waals surface area contributed by atoms with Crippen LogP contribution in [0.1, 0.15) is 24.6 Å². The largest absolute Gasteiger partial charge is 0.501 e. The fraction of sp³-hybridized carbons (Fsp3) is 0.400. The van der Waals surface area contributed by atoms with Crippen LogP contribution in [0.15, 0.2) is 34.6 Å². The standard InChI is InChI=1S/C10H13NO2/c11-10(9-4-2-6-13-9)8-3-1-5-12-7-8/h2,4,6-7,10H,1,3,5,11H2. The monoisotopic (exact) mass is 179 g/mol. The Labute approximate surface area is 77.2 Å². The van der Waals surface area contributed by atoms with Crippen LogP contribution in [0.2, 0.25) is 0 Å². The molecule has 3 heteroatoms. The van der Waals surface area contributed by atoms with Crippen LogP contribution in [-0.2, 0) is 4.74 Å². The summed E-state index contributed by atoms with van der Waals surface area (Å²) in [7, 11) is 0. The summed E-state index contributed by atoms with van der Waals surface area (Å²) in [5.74, 6) is 0.803. The molecule has 0 saturated heterocycles. The van der Waals surface area contributed by atoms with Crippen molar-refractivity contribution in [1.82, 2.24) is 0 Å². The molecule has 1 unspecified atom stereocenters. The molecule has 1 aromatic heterocycles. The van der Waals surface area contributed by atoms with E-state index >= 15 is 0 Å². The second kappa shape index (κ2) is 3.66. The summed E-state index contributed by atoms with van der Waals surface area (Å²) in [6, 6.07) is 3.59. The number of hydrogen-bond acceptors (Lipinski definition) is 3. The minimum atomic E-state index is -0.143. The Balaban J connectivity index is 2.12. The average Bonchev–Trinajstić information content (AvgIpc) is 2.71. The fourth-order valence-electron chi connectivity index (χ4n) is 1.46. The van der Waals surface area contributed by atoms with Gasteiger partial charge in [-0.05, 0) is 30.5 Å². The van der Waals surface area contributed by atoms with Gasteiger partial charge >= 0.3 is 0 Å². The molecule has 3 nitrogen and oxygen atoms in total.